The molecule has 0 fully saturated rings. The van der Waals surface area contributed by atoms with Crippen molar-refractivity contribution in [2.24, 2.45) is 0 Å². The Morgan fingerprint density at radius 1 is 1.07 bits per heavy atom. The molecule has 0 unspecified atom stereocenters. The van der Waals surface area contributed by atoms with Crippen molar-refractivity contribution in [3.8, 4) is 0 Å². The molecule has 0 heterocycles. The Morgan fingerprint density at radius 3 is 2.21 bits per heavy atom. The normalized spacial score (nSPS) is 13.5. The first-order valence-corrected chi connectivity index (χ1v) is 8.49. The fraction of sp³-hybridized carbons (Fsp3) is 0.300. The lowest BCUT2D eigenvalue weighted by Gasteiger charge is -2.19. The molecule has 150 valence electrons. The number of hydrogen-bond acceptors (Lipinski definition) is 4. The van der Waals surface area contributed by atoms with E-state index in [0.29, 0.717) is 6.42 Å². The van der Waals surface area contributed by atoms with Gasteiger partial charge in [-0.1, -0.05) is 42.5 Å². The average molecular weight is 395 g/mol. The van der Waals surface area contributed by atoms with Crippen molar-refractivity contribution < 1.29 is 32.6 Å². The van der Waals surface area contributed by atoms with Crippen molar-refractivity contribution in [2.75, 3.05) is 7.11 Å². The second-order valence-corrected chi connectivity index (χ2v) is 6.13. The van der Waals surface area contributed by atoms with E-state index in [1.54, 1.807) is 0 Å². The second kappa shape index (κ2) is 9.36. The van der Waals surface area contributed by atoms with E-state index in [9.17, 15) is 27.9 Å². The van der Waals surface area contributed by atoms with Crippen LogP contribution < -0.4 is 5.32 Å². The summed E-state index contributed by atoms with van der Waals surface area (Å²) in [6.07, 6.45) is -5.51. The van der Waals surface area contributed by atoms with Gasteiger partial charge in [-0.15, -0.1) is 0 Å². The van der Waals surface area contributed by atoms with Gasteiger partial charge < -0.3 is 15.2 Å². The van der Waals surface area contributed by atoms with Gasteiger partial charge in [0.25, 0.3) is 5.91 Å². The molecule has 0 aliphatic rings. The summed E-state index contributed by atoms with van der Waals surface area (Å²) in [5, 5.41) is 12.5. The number of nitrogens with one attached hydrogen (secondary N) is 1. The van der Waals surface area contributed by atoms with Gasteiger partial charge in [0.05, 0.1) is 12.7 Å². The Labute approximate surface area is 160 Å². The number of halogens is 3. The number of esters is 1. The van der Waals surface area contributed by atoms with Gasteiger partial charge in [0.1, 0.15) is 6.04 Å². The molecule has 0 aliphatic carbocycles. The van der Waals surface area contributed by atoms with Crippen LogP contribution in [-0.4, -0.2) is 30.1 Å². The van der Waals surface area contributed by atoms with Crippen molar-refractivity contribution in [3.63, 3.8) is 0 Å². The molecule has 0 aliphatic heterocycles. The lowest BCUT2D eigenvalue weighted by Crippen LogP contribution is -2.44. The highest BCUT2D eigenvalue weighted by atomic mass is 19.4. The second-order valence-electron chi connectivity index (χ2n) is 6.13. The maximum absolute atomic E-state index is 12.6. The van der Waals surface area contributed by atoms with E-state index in [2.05, 4.69) is 10.1 Å². The predicted octanol–water partition coefficient (Wildman–Crippen LogP) is 3.03. The molecule has 0 radical (unpaired) electrons. The SMILES string of the molecule is COC(=O)[C@@H](CCc1ccccc1)NC(=O)[C@H](O)c1ccc(C(F)(F)F)cc1. The molecule has 2 atom stereocenters. The smallest absolute Gasteiger partial charge is 0.416 e. The number of methoxy groups -OCH3 is 1. The van der Waals surface area contributed by atoms with E-state index in [1.807, 2.05) is 30.3 Å². The molecule has 0 spiro atoms. The third-order valence-electron chi connectivity index (χ3n) is 4.17. The molecule has 0 aromatic heterocycles. The number of amides is 1. The highest BCUT2D eigenvalue weighted by molar-refractivity contribution is 5.87. The molecule has 8 heteroatoms. The summed E-state index contributed by atoms with van der Waals surface area (Å²) in [4.78, 5) is 24.2. The van der Waals surface area contributed by atoms with Crippen LogP contribution in [0, 0.1) is 0 Å². The maximum Gasteiger partial charge on any atom is 0.416 e. The van der Waals surface area contributed by atoms with E-state index in [4.69, 9.17) is 0 Å². The minimum Gasteiger partial charge on any atom is -0.467 e. The molecule has 2 aromatic carbocycles. The standard InChI is InChI=1S/C20H20F3NO4/c1-28-19(27)16(12-7-13-5-3-2-4-6-13)24-18(26)17(25)14-8-10-15(11-9-14)20(21,22)23/h2-6,8-11,16-17,25H,7,12H2,1H3,(H,24,26)/t16-,17-/m1/s1. The van der Waals surface area contributed by atoms with Crippen LogP contribution in [0.15, 0.2) is 54.6 Å². The third-order valence-corrected chi connectivity index (χ3v) is 4.17. The molecule has 0 bridgehead atoms. The number of carbonyl (C=O) groups excluding carboxylic acids is 2. The largest absolute Gasteiger partial charge is 0.467 e. The third kappa shape index (κ3) is 5.82. The molecule has 0 saturated carbocycles. The number of aryl methyl sites for hydroxylation is 1. The van der Waals surface area contributed by atoms with E-state index in [-0.39, 0.29) is 12.0 Å². The first-order valence-electron chi connectivity index (χ1n) is 8.49. The quantitative estimate of drug-likeness (QED) is 0.707. The van der Waals surface area contributed by atoms with E-state index < -0.39 is 35.8 Å². The van der Waals surface area contributed by atoms with Gasteiger partial charge in [0.15, 0.2) is 6.10 Å². The van der Waals surface area contributed by atoms with Crippen LogP contribution in [0.1, 0.15) is 29.2 Å². The summed E-state index contributed by atoms with van der Waals surface area (Å²) in [5.41, 5.74) is 0.0465. The van der Waals surface area contributed by atoms with Crippen LogP contribution in [0.3, 0.4) is 0 Å². The Morgan fingerprint density at radius 2 is 1.68 bits per heavy atom. The van der Waals surface area contributed by atoms with Crippen molar-refractivity contribution in [3.05, 3.63) is 71.3 Å². The van der Waals surface area contributed by atoms with Gasteiger partial charge in [0.2, 0.25) is 0 Å². The highest BCUT2D eigenvalue weighted by Crippen LogP contribution is 2.30. The highest BCUT2D eigenvalue weighted by Gasteiger charge is 2.31. The van der Waals surface area contributed by atoms with E-state index in [1.165, 1.54) is 7.11 Å². The Hall–Kier alpha value is -2.87. The van der Waals surface area contributed by atoms with Crippen molar-refractivity contribution in [1.82, 2.24) is 5.32 Å². The summed E-state index contributed by atoms with van der Waals surface area (Å²) in [6, 6.07) is 11.9. The summed E-state index contributed by atoms with van der Waals surface area (Å²) in [5.74, 6) is -1.58. The van der Waals surface area contributed by atoms with Gasteiger partial charge in [-0.05, 0) is 36.1 Å². The number of benzene rings is 2. The van der Waals surface area contributed by atoms with Crippen LogP contribution >= 0.6 is 0 Å². The van der Waals surface area contributed by atoms with Crippen LogP contribution in [0.2, 0.25) is 0 Å². The molecule has 5 nitrogen and oxygen atoms in total. The van der Waals surface area contributed by atoms with E-state index in [0.717, 1.165) is 29.8 Å². The molecular weight excluding hydrogens is 375 g/mol. The summed E-state index contributed by atoms with van der Waals surface area (Å²) < 4.78 is 42.5. The first kappa shape index (κ1) is 21.4. The molecular formula is C20H20F3NO4. The number of aliphatic hydroxyl groups is 1. The first-order chi connectivity index (χ1) is 13.2. The average Bonchev–Trinajstić information content (AvgIpc) is 2.70. The summed E-state index contributed by atoms with van der Waals surface area (Å²) >= 11 is 0. The Balaban J connectivity index is 2.04. The number of hydrogen-bond donors (Lipinski definition) is 2. The number of alkyl halides is 3. The zero-order valence-corrected chi connectivity index (χ0v) is 15.1. The zero-order chi connectivity index (χ0) is 20.7. The van der Waals surface area contributed by atoms with Crippen LogP contribution in [-0.2, 0) is 26.9 Å². The Bertz CT molecular complexity index is 791. The lowest BCUT2D eigenvalue weighted by atomic mass is 10.0. The van der Waals surface area contributed by atoms with E-state index >= 15 is 0 Å². The van der Waals surface area contributed by atoms with Crippen molar-refractivity contribution in [1.29, 1.82) is 0 Å². The molecule has 0 saturated heterocycles. The number of aliphatic hydroxyl groups excluding tert-OH is 1. The van der Waals surface area contributed by atoms with Gasteiger partial charge in [-0.3, -0.25) is 4.79 Å². The van der Waals surface area contributed by atoms with Crippen molar-refractivity contribution in [2.45, 2.75) is 31.2 Å². The Kier molecular flexibility index (Phi) is 7.17. The van der Waals surface area contributed by atoms with Gasteiger partial charge in [-0.2, -0.15) is 13.2 Å². The number of rotatable bonds is 7. The number of ether oxygens (including phenoxy) is 1. The molecule has 2 N–H and O–H groups in total. The van der Waals surface area contributed by atoms with Gasteiger partial charge in [0, 0.05) is 0 Å². The summed E-state index contributed by atoms with van der Waals surface area (Å²) in [7, 11) is 1.18. The molecule has 2 aromatic rings. The van der Waals surface area contributed by atoms with Crippen molar-refractivity contribution >= 4 is 11.9 Å². The lowest BCUT2D eigenvalue weighted by molar-refractivity contribution is -0.146. The van der Waals surface area contributed by atoms with Gasteiger partial charge >= 0.3 is 12.1 Å². The molecule has 1 amide bonds. The maximum atomic E-state index is 12.6. The minimum absolute atomic E-state index is 0.0165. The van der Waals surface area contributed by atoms with Gasteiger partial charge in [-0.25, -0.2) is 4.79 Å². The van der Waals surface area contributed by atoms with Crippen LogP contribution in [0.5, 0.6) is 0 Å². The monoisotopic (exact) mass is 395 g/mol. The fourth-order valence-corrected chi connectivity index (χ4v) is 2.60. The molecule has 28 heavy (non-hydrogen) atoms. The topological polar surface area (TPSA) is 75.6 Å². The molecule has 2 rings (SSSR count). The number of carbonyl (C=O) groups is 2. The minimum atomic E-state index is -4.51. The van der Waals surface area contributed by atoms with Crippen LogP contribution in [0.4, 0.5) is 13.2 Å². The predicted molar refractivity (Wildman–Crippen MR) is 95.1 cm³/mol. The zero-order valence-electron chi connectivity index (χ0n) is 15.1. The fourth-order valence-electron chi connectivity index (χ4n) is 2.60. The van der Waals surface area contributed by atoms with Crippen LogP contribution in [0.25, 0.3) is 0 Å². The summed E-state index contributed by atoms with van der Waals surface area (Å²) in [6.45, 7) is 0.